The highest BCUT2D eigenvalue weighted by atomic mass is 19.1. The molecule has 0 fully saturated rings. The third-order valence-corrected chi connectivity index (χ3v) is 2.87. The molecule has 0 saturated heterocycles. The van der Waals surface area contributed by atoms with E-state index in [1.54, 1.807) is 27.0 Å². The van der Waals surface area contributed by atoms with Crippen LogP contribution in [0.4, 0.5) is 15.9 Å². The van der Waals surface area contributed by atoms with Crippen molar-refractivity contribution in [2.75, 3.05) is 11.1 Å². The van der Waals surface area contributed by atoms with Crippen molar-refractivity contribution in [3.05, 3.63) is 40.8 Å². The van der Waals surface area contributed by atoms with Crippen LogP contribution < -0.4 is 11.1 Å². The van der Waals surface area contributed by atoms with E-state index >= 15 is 0 Å². The molecule has 100 valence electrons. The number of carbonyl (C=O) groups excluding carboxylic acids is 1. The van der Waals surface area contributed by atoms with Crippen LogP contribution >= 0.6 is 0 Å². The summed E-state index contributed by atoms with van der Waals surface area (Å²) in [5.41, 5.74) is 7.59. The zero-order valence-electron chi connectivity index (χ0n) is 11.0. The Bertz CT molecular complexity index is 648. The lowest BCUT2D eigenvalue weighted by Crippen LogP contribution is -2.17. The minimum Gasteiger partial charge on any atom is -0.394 e. The summed E-state index contributed by atoms with van der Waals surface area (Å²) < 4.78 is 15.1. The lowest BCUT2D eigenvalue weighted by Gasteiger charge is -2.08. The van der Waals surface area contributed by atoms with E-state index in [1.807, 2.05) is 0 Å². The molecule has 1 aromatic heterocycles. The van der Waals surface area contributed by atoms with Gasteiger partial charge in [0.15, 0.2) is 5.82 Å². The zero-order chi connectivity index (χ0) is 14.2. The highest BCUT2D eigenvalue weighted by molar-refractivity contribution is 6.05. The van der Waals surface area contributed by atoms with Gasteiger partial charge in [-0.25, -0.2) is 4.39 Å². The Kier molecular flexibility index (Phi) is 3.25. The van der Waals surface area contributed by atoms with Gasteiger partial charge in [-0.05, 0) is 26.0 Å². The second-order valence-corrected chi connectivity index (χ2v) is 4.41. The van der Waals surface area contributed by atoms with Gasteiger partial charge in [0.2, 0.25) is 0 Å². The Morgan fingerprint density at radius 3 is 2.68 bits per heavy atom. The van der Waals surface area contributed by atoms with E-state index in [4.69, 9.17) is 5.73 Å². The van der Waals surface area contributed by atoms with Crippen LogP contribution in [-0.2, 0) is 7.05 Å². The topological polar surface area (TPSA) is 72.9 Å². The molecule has 0 aliphatic rings. The molecular formula is C13H15FN4O. The molecule has 6 heteroatoms. The Labute approximate surface area is 110 Å². The predicted molar refractivity (Wildman–Crippen MR) is 71.4 cm³/mol. The summed E-state index contributed by atoms with van der Waals surface area (Å²) in [4.78, 5) is 12.1. The summed E-state index contributed by atoms with van der Waals surface area (Å²) in [6, 6.07) is 4.36. The minimum absolute atomic E-state index is 0.0155. The van der Waals surface area contributed by atoms with E-state index in [2.05, 4.69) is 10.4 Å². The molecule has 0 bridgehead atoms. The number of aryl methyl sites for hydroxylation is 3. The van der Waals surface area contributed by atoms with Crippen LogP contribution in [0.25, 0.3) is 0 Å². The smallest absolute Gasteiger partial charge is 0.259 e. The van der Waals surface area contributed by atoms with Gasteiger partial charge >= 0.3 is 0 Å². The number of hydrogen-bond donors (Lipinski definition) is 2. The van der Waals surface area contributed by atoms with Crippen molar-refractivity contribution in [1.82, 2.24) is 9.78 Å². The predicted octanol–water partition coefficient (Wildman–Crippen LogP) is 2.01. The molecule has 0 aliphatic carbocycles. The molecule has 0 atom stereocenters. The van der Waals surface area contributed by atoms with Crippen LogP contribution in [0.15, 0.2) is 18.2 Å². The zero-order valence-corrected chi connectivity index (χ0v) is 11.0. The van der Waals surface area contributed by atoms with Gasteiger partial charge in [0, 0.05) is 7.05 Å². The lowest BCUT2D eigenvalue weighted by molar-refractivity contribution is 0.102. The van der Waals surface area contributed by atoms with E-state index < -0.39 is 11.7 Å². The number of halogens is 1. The van der Waals surface area contributed by atoms with Gasteiger partial charge in [-0.15, -0.1) is 0 Å². The van der Waals surface area contributed by atoms with Gasteiger partial charge in [-0.1, -0.05) is 11.6 Å². The van der Waals surface area contributed by atoms with Crippen LogP contribution in [0.5, 0.6) is 0 Å². The summed E-state index contributed by atoms with van der Waals surface area (Å²) in [6.45, 7) is 3.52. The summed E-state index contributed by atoms with van der Waals surface area (Å²) in [6.07, 6.45) is 0. The van der Waals surface area contributed by atoms with Crippen LogP contribution in [0.1, 0.15) is 21.6 Å². The summed E-state index contributed by atoms with van der Waals surface area (Å²) >= 11 is 0. The number of nitrogen functional groups attached to an aromatic ring is 1. The van der Waals surface area contributed by atoms with E-state index in [1.165, 1.54) is 16.8 Å². The molecule has 5 nitrogen and oxygen atoms in total. The maximum Gasteiger partial charge on any atom is 0.259 e. The first-order valence-electron chi connectivity index (χ1n) is 5.76. The number of nitrogens with zero attached hydrogens (tertiary/aromatic N) is 2. The van der Waals surface area contributed by atoms with Crippen molar-refractivity contribution in [1.29, 1.82) is 0 Å². The standard InChI is InChI=1S/C13H15FN4O/c1-7-4-5-10(14)9(6-7)13(19)16-12-11(15)8(2)17-18(12)3/h4-6H,15H2,1-3H3,(H,16,19). The minimum atomic E-state index is -0.569. The fourth-order valence-electron chi connectivity index (χ4n) is 1.81. The highest BCUT2D eigenvalue weighted by Gasteiger charge is 2.17. The van der Waals surface area contributed by atoms with Gasteiger partial charge in [-0.3, -0.25) is 9.48 Å². The molecule has 2 rings (SSSR count). The molecule has 1 aromatic carbocycles. The number of benzene rings is 1. The van der Waals surface area contributed by atoms with Crippen molar-refractivity contribution in [2.45, 2.75) is 13.8 Å². The molecule has 0 saturated carbocycles. The van der Waals surface area contributed by atoms with Gasteiger partial charge in [0.1, 0.15) is 5.82 Å². The Balaban J connectivity index is 2.33. The second kappa shape index (κ2) is 4.72. The van der Waals surface area contributed by atoms with E-state index in [0.717, 1.165) is 5.56 Å². The van der Waals surface area contributed by atoms with E-state index in [9.17, 15) is 9.18 Å². The Hall–Kier alpha value is -2.37. The van der Waals surface area contributed by atoms with Crippen molar-refractivity contribution in [3.63, 3.8) is 0 Å². The number of aromatic nitrogens is 2. The number of amides is 1. The molecule has 0 spiro atoms. The number of hydrogen-bond acceptors (Lipinski definition) is 3. The molecular weight excluding hydrogens is 247 g/mol. The molecule has 19 heavy (non-hydrogen) atoms. The average molecular weight is 262 g/mol. The van der Waals surface area contributed by atoms with Crippen LogP contribution in [0.2, 0.25) is 0 Å². The number of anilines is 2. The normalized spacial score (nSPS) is 10.5. The number of rotatable bonds is 2. The largest absolute Gasteiger partial charge is 0.394 e. The molecule has 1 amide bonds. The maximum atomic E-state index is 13.6. The molecule has 0 radical (unpaired) electrons. The first-order valence-corrected chi connectivity index (χ1v) is 5.76. The Morgan fingerprint density at radius 2 is 2.11 bits per heavy atom. The first kappa shape index (κ1) is 13.1. The quantitative estimate of drug-likeness (QED) is 0.869. The number of carbonyl (C=O) groups is 1. The van der Waals surface area contributed by atoms with E-state index in [0.29, 0.717) is 17.2 Å². The van der Waals surface area contributed by atoms with Gasteiger partial charge in [0.05, 0.1) is 16.9 Å². The fourth-order valence-corrected chi connectivity index (χ4v) is 1.81. The third kappa shape index (κ3) is 2.42. The highest BCUT2D eigenvalue weighted by Crippen LogP contribution is 2.22. The van der Waals surface area contributed by atoms with Crippen molar-refractivity contribution < 1.29 is 9.18 Å². The van der Waals surface area contributed by atoms with Gasteiger partial charge in [0.25, 0.3) is 5.91 Å². The van der Waals surface area contributed by atoms with Gasteiger partial charge in [-0.2, -0.15) is 5.10 Å². The van der Waals surface area contributed by atoms with Crippen LogP contribution in [0.3, 0.4) is 0 Å². The van der Waals surface area contributed by atoms with Crippen molar-refractivity contribution in [2.24, 2.45) is 7.05 Å². The third-order valence-electron chi connectivity index (χ3n) is 2.87. The number of nitrogens with two attached hydrogens (primary N) is 1. The summed E-state index contributed by atoms with van der Waals surface area (Å²) in [5.74, 6) is -0.750. The molecule has 0 aliphatic heterocycles. The molecule has 1 heterocycles. The second-order valence-electron chi connectivity index (χ2n) is 4.41. The summed E-state index contributed by atoms with van der Waals surface area (Å²) in [5, 5.41) is 6.66. The van der Waals surface area contributed by atoms with Crippen LogP contribution in [0, 0.1) is 19.7 Å². The Morgan fingerprint density at radius 1 is 1.42 bits per heavy atom. The van der Waals surface area contributed by atoms with E-state index in [-0.39, 0.29) is 5.56 Å². The molecule has 0 unspecified atom stereocenters. The number of nitrogens with one attached hydrogen (secondary N) is 1. The lowest BCUT2D eigenvalue weighted by atomic mass is 10.1. The molecule has 3 N–H and O–H groups in total. The van der Waals surface area contributed by atoms with Crippen LogP contribution in [-0.4, -0.2) is 15.7 Å². The van der Waals surface area contributed by atoms with Gasteiger partial charge < -0.3 is 11.1 Å². The SMILES string of the molecule is Cc1ccc(F)c(C(=O)Nc2c(N)c(C)nn2C)c1. The van der Waals surface area contributed by atoms with Crippen molar-refractivity contribution >= 4 is 17.4 Å². The summed E-state index contributed by atoms with van der Waals surface area (Å²) in [7, 11) is 1.66. The van der Waals surface area contributed by atoms with Crippen molar-refractivity contribution in [3.8, 4) is 0 Å². The average Bonchev–Trinajstić information content (AvgIpc) is 2.59. The monoisotopic (exact) mass is 262 g/mol. The first-order chi connectivity index (χ1) is 8.90. The molecule has 2 aromatic rings. The maximum absolute atomic E-state index is 13.6. The fraction of sp³-hybridized carbons (Fsp3) is 0.231.